The number of ether oxygens (including phenoxy) is 1. The lowest BCUT2D eigenvalue weighted by Gasteiger charge is -2.06. The summed E-state index contributed by atoms with van der Waals surface area (Å²) in [4.78, 5) is 0. The molecule has 0 saturated carbocycles. The molecule has 6 heteroatoms. The molecule has 0 aliphatic carbocycles. The summed E-state index contributed by atoms with van der Waals surface area (Å²) in [6.07, 6.45) is 2.89. The van der Waals surface area contributed by atoms with Gasteiger partial charge in [-0.1, -0.05) is 11.3 Å². The summed E-state index contributed by atoms with van der Waals surface area (Å²) < 4.78 is 5.57. The molecule has 1 aromatic rings. The number of thioether (sulfide) groups is 1. The van der Waals surface area contributed by atoms with E-state index in [2.05, 4.69) is 22.4 Å². The van der Waals surface area contributed by atoms with Crippen LogP contribution in [-0.2, 0) is 10.5 Å². The van der Waals surface area contributed by atoms with E-state index in [1.54, 1.807) is 11.3 Å². The van der Waals surface area contributed by atoms with Crippen molar-refractivity contribution in [1.29, 1.82) is 0 Å². The highest BCUT2D eigenvalue weighted by Crippen LogP contribution is 2.23. The first-order chi connectivity index (χ1) is 7.88. The van der Waals surface area contributed by atoms with E-state index in [9.17, 15) is 0 Å². The highest BCUT2D eigenvalue weighted by molar-refractivity contribution is 7.98. The van der Waals surface area contributed by atoms with Crippen LogP contribution in [0.15, 0.2) is 0 Å². The van der Waals surface area contributed by atoms with Gasteiger partial charge in [0.2, 0.25) is 5.13 Å². The average molecular weight is 259 g/mol. The second kappa shape index (κ2) is 6.42. The summed E-state index contributed by atoms with van der Waals surface area (Å²) in [5, 5.41) is 13.4. The molecular formula is C10H17N3OS2. The molecule has 1 unspecified atom stereocenters. The zero-order valence-corrected chi connectivity index (χ0v) is 11.1. The minimum absolute atomic E-state index is 0.464. The van der Waals surface area contributed by atoms with Crippen molar-refractivity contribution in [2.45, 2.75) is 31.6 Å². The monoisotopic (exact) mass is 259 g/mol. The highest BCUT2D eigenvalue weighted by Gasteiger charge is 2.15. The molecule has 16 heavy (non-hydrogen) atoms. The topological polar surface area (TPSA) is 47.0 Å². The fraction of sp³-hybridized carbons (Fsp3) is 0.800. The van der Waals surface area contributed by atoms with E-state index in [1.165, 1.54) is 12.8 Å². The molecule has 0 amide bonds. The van der Waals surface area contributed by atoms with Gasteiger partial charge in [0, 0.05) is 24.7 Å². The van der Waals surface area contributed by atoms with Crippen molar-refractivity contribution in [3.63, 3.8) is 0 Å². The lowest BCUT2D eigenvalue weighted by molar-refractivity contribution is 0.129. The van der Waals surface area contributed by atoms with Gasteiger partial charge in [0.15, 0.2) is 0 Å². The van der Waals surface area contributed by atoms with Crippen molar-refractivity contribution in [3.05, 3.63) is 5.01 Å². The number of nitrogens with one attached hydrogen (secondary N) is 1. The minimum atomic E-state index is 0.464. The number of rotatable bonds is 6. The van der Waals surface area contributed by atoms with Gasteiger partial charge >= 0.3 is 0 Å². The normalized spacial score (nSPS) is 20.2. The van der Waals surface area contributed by atoms with Gasteiger partial charge in [0.05, 0.1) is 6.10 Å². The van der Waals surface area contributed by atoms with Gasteiger partial charge in [0.1, 0.15) is 5.01 Å². The number of hydrogen-bond donors (Lipinski definition) is 1. The Morgan fingerprint density at radius 3 is 3.25 bits per heavy atom. The second-order valence-corrected chi connectivity index (χ2v) is 5.77. The van der Waals surface area contributed by atoms with Crippen LogP contribution in [0.3, 0.4) is 0 Å². The Bertz CT molecular complexity index is 313. The molecular weight excluding hydrogens is 242 g/mol. The molecule has 0 radical (unpaired) electrons. The zero-order valence-electron chi connectivity index (χ0n) is 9.44. The van der Waals surface area contributed by atoms with E-state index >= 15 is 0 Å². The third-order valence-electron chi connectivity index (χ3n) is 2.35. The van der Waals surface area contributed by atoms with E-state index < -0.39 is 0 Å². The van der Waals surface area contributed by atoms with E-state index in [-0.39, 0.29) is 0 Å². The standard InChI is InChI=1S/C10H17N3OS2/c1-2-11-10-13-12-9(16-10)7-15-6-8-4-3-5-14-8/h8H,2-7H2,1H3,(H,11,13). The molecule has 1 saturated heterocycles. The molecule has 1 atom stereocenters. The number of nitrogens with zero attached hydrogens (tertiary/aromatic N) is 2. The molecule has 2 rings (SSSR count). The summed E-state index contributed by atoms with van der Waals surface area (Å²) in [6.45, 7) is 3.90. The van der Waals surface area contributed by atoms with Gasteiger partial charge < -0.3 is 10.1 Å². The Morgan fingerprint density at radius 2 is 2.50 bits per heavy atom. The van der Waals surface area contributed by atoms with Gasteiger partial charge in [-0.25, -0.2) is 0 Å². The fourth-order valence-electron chi connectivity index (χ4n) is 1.59. The zero-order chi connectivity index (χ0) is 11.2. The van der Waals surface area contributed by atoms with Crippen molar-refractivity contribution in [1.82, 2.24) is 10.2 Å². The van der Waals surface area contributed by atoms with Crippen molar-refractivity contribution >= 4 is 28.2 Å². The Labute approximate surface area is 104 Å². The predicted octanol–water partition coefficient (Wildman–Crippen LogP) is 2.38. The Hall–Kier alpha value is -0.330. The van der Waals surface area contributed by atoms with E-state index in [1.807, 2.05) is 11.8 Å². The molecule has 1 aliphatic rings. The first-order valence-corrected chi connectivity index (χ1v) is 7.61. The minimum Gasteiger partial charge on any atom is -0.377 e. The van der Waals surface area contributed by atoms with Crippen molar-refractivity contribution in [3.8, 4) is 0 Å². The molecule has 0 spiro atoms. The maximum atomic E-state index is 5.57. The average Bonchev–Trinajstić information content (AvgIpc) is 2.90. The van der Waals surface area contributed by atoms with Crippen LogP contribution in [-0.4, -0.2) is 35.2 Å². The summed E-state index contributed by atoms with van der Waals surface area (Å²) in [5.41, 5.74) is 0. The molecule has 1 N–H and O–H groups in total. The molecule has 1 aliphatic heterocycles. The maximum absolute atomic E-state index is 5.57. The Morgan fingerprint density at radius 1 is 1.56 bits per heavy atom. The van der Waals surface area contributed by atoms with Crippen LogP contribution in [0.2, 0.25) is 0 Å². The lowest BCUT2D eigenvalue weighted by atomic mass is 10.3. The van der Waals surface area contributed by atoms with Gasteiger partial charge in [-0.3, -0.25) is 0 Å². The van der Waals surface area contributed by atoms with Gasteiger partial charge in [-0.15, -0.1) is 10.2 Å². The molecule has 1 aromatic heterocycles. The SMILES string of the molecule is CCNc1nnc(CSCC2CCCO2)s1. The van der Waals surface area contributed by atoms with Crippen LogP contribution < -0.4 is 5.32 Å². The molecule has 90 valence electrons. The molecule has 2 heterocycles. The van der Waals surface area contributed by atoms with E-state index in [0.717, 1.165) is 34.8 Å². The van der Waals surface area contributed by atoms with Crippen LogP contribution in [0.4, 0.5) is 5.13 Å². The quantitative estimate of drug-likeness (QED) is 0.850. The second-order valence-electron chi connectivity index (χ2n) is 3.68. The number of hydrogen-bond acceptors (Lipinski definition) is 6. The van der Waals surface area contributed by atoms with Crippen LogP contribution in [0, 0.1) is 0 Å². The Kier molecular flexibility index (Phi) is 4.87. The molecule has 1 fully saturated rings. The first kappa shape index (κ1) is 12.1. The lowest BCUT2D eigenvalue weighted by Crippen LogP contribution is -2.07. The molecule has 0 bridgehead atoms. The van der Waals surface area contributed by atoms with Gasteiger partial charge in [-0.05, 0) is 19.8 Å². The van der Waals surface area contributed by atoms with Crippen LogP contribution in [0.1, 0.15) is 24.8 Å². The third-order valence-corrected chi connectivity index (χ3v) is 4.50. The molecule has 4 nitrogen and oxygen atoms in total. The summed E-state index contributed by atoms with van der Waals surface area (Å²) in [5.74, 6) is 2.03. The summed E-state index contributed by atoms with van der Waals surface area (Å²) >= 11 is 3.54. The van der Waals surface area contributed by atoms with Crippen molar-refractivity contribution in [2.75, 3.05) is 24.2 Å². The van der Waals surface area contributed by atoms with Crippen LogP contribution >= 0.6 is 23.1 Å². The number of aromatic nitrogens is 2. The third kappa shape index (κ3) is 3.61. The highest BCUT2D eigenvalue weighted by atomic mass is 32.2. The van der Waals surface area contributed by atoms with E-state index in [4.69, 9.17) is 4.74 Å². The van der Waals surface area contributed by atoms with Crippen molar-refractivity contribution in [2.24, 2.45) is 0 Å². The largest absolute Gasteiger partial charge is 0.377 e. The summed E-state index contributed by atoms with van der Waals surface area (Å²) in [7, 11) is 0. The van der Waals surface area contributed by atoms with E-state index in [0.29, 0.717) is 6.10 Å². The van der Waals surface area contributed by atoms with Crippen LogP contribution in [0.5, 0.6) is 0 Å². The van der Waals surface area contributed by atoms with Gasteiger partial charge in [-0.2, -0.15) is 11.8 Å². The number of anilines is 1. The summed E-state index contributed by atoms with van der Waals surface area (Å²) in [6, 6.07) is 0. The van der Waals surface area contributed by atoms with Gasteiger partial charge in [0.25, 0.3) is 0 Å². The maximum Gasteiger partial charge on any atom is 0.205 e. The van der Waals surface area contributed by atoms with Crippen molar-refractivity contribution < 1.29 is 4.74 Å². The molecule has 0 aromatic carbocycles. The first-order valence-electron chi connectivity index (χ1n) is 5.64. The predicted molar refractivity (Wildman–Crippen MR) is 69.2 cm³/mol. The van der Waals surface area contributed by atoms with Crippen LogP contribution in [0.25, 0.3) is 0 Å². The Balaban J connectivity index is 1.67. The smallest absolute Gasteiger partial charge is 0.205 e. The fourth-order valence-corrected chi connectivity index (χ4v) is 3.55.